The van der Waals surface area contributed by atoms with Crippen molar-refractivity contribution in [1.29, 1.82) is 0 Å². The van der Waals surface area contributed by atoms with E-state index in [4.69, 9.17) is 0 Å². The number of para-hydroxylation sites is 1. The number of carbonyl (C=O) groups excluding carboxylic acids is 1. The van der Waals surface area contributed by atoms with Gasteiger partial charge >= 0.3 is 0 Å². The van der Waals surface area contributed by atoms with Gasteiger partial charge in [-0.05, 0) is 37.3 Å². The first-order valence-electron chi connectivity index (χ1n) is 7.32. The summed E-state index contributed by atoms with van der Waals surface area (Å²) in [6.07, 6.45) is 5.74. The fraction of sp³-hybridized carbons (Fsp3) is 0.562. The molecule has 1 aliphatic carbocycles. The molecular formula is C16H24N2O. The predicted molar refractivity (Wildman–Crippen MR) is 79.4 cm³/mol. The highest BCUT2D eigenvalue weighted by atomic mass is 16.1. The maximum atomic E-state index is 11.9. The lowest BCUT2D eigenvalue weighted by Gasteiger charge is -2.16. The average Bonchev–Trinajstić information content (AvgIpc) is 2.89. The number of aryl methyl sites for hydroxylation is 2. The summed E-state index contributed by atoms with van der Waals surface area (Å²) >= 11 is 0. The number of hydrogen-bond donors (Lipinski definition) is 2. The van der Waals surface area contributed by atoms with Crippen molar-refractivity contribution in [2.75, 3.05) is 11.9 Å². The molecule has 0 spiro atoms. The van der Waals surface area contributed by atoms with Crippen LogP contribution in [0.5, 0.6) is 0 Å². The van der Waals surface area contributed by atoms with E-state index in [1.54, 1.807) is 0 Å². The van der Waals surface area contributed by atoms with Gasteiger partial charge < -0.3 is 10.6 Å². The summed E-state index contributed by atoms with van der Waals surface area (Å²) in [5.41, 5.74) is 3.59. The van der Waals surface area contributed by atoms with E-state index >= 15 is 0 Å². The van der Waals surface area contributed by atoms with Gasteiger partial charge in [0, 0.05) is 11.7 Å². The smallest absolute Gasteiger partial charge is 0.239 e. The van der Waals surface area contributed by atoms with Crippen LogP contribution in [0, 0.1) is 6.92 Å². The Morgan fingerprint density at radius 3 is 2.74 bits per heavy atom. The second-order valence-electron chi connectivity index (χ2n) is 5.37. The zero-order valence-electron chi connectivity index (χ0n) is 12.0. The van der Waals surface area contributed by atoms with E-state index in [0.717, 1.165) is 24.9 Å². The Bertz CT molecular complexity index is 436. The van der Waals surface area contributed by atoms with Crippen LogP contribution in [0.2, 0.25) is 0 Å². The first kappa shape index (κ1) is 13.9. The van der Waals surface area contributed by atoms with E-state index in [2.05, 4.69) is 42.7 Å². The number of nitrogens with one attached hydrogen (secondary N) is 2. The van der Waals surface area contributed by atoms with Gasteiger partial charge in [-0.15, -0.1) is 0 Å². The molecule has 1 aromatic carbocycles. The molecule has 0 saturated heterocycles. The highest BCUT2D eigenvalue weighted by Gasteiger charge is 2.17. The van der Waals surface area contributed by atoms with Crippen molar-refractivity contribution < 1.29 is 4.79 Å². The summed E-state index contributed by atoms with van der Waals surface area (Å²) in [6.45, 7) is 4.59. The van der Waals surface area contributed by atoms with Gasteiger partial charge in [0.05, 0.1) is 6.54 Å². The maximum Gasteiger partial charge on any atom is 0.239 e. The predicted octanol–water partition coefficient (Wildman–Crippen LogP) is 3.03. The molecule has 0 heterocycles. The van der Waals surface area contributed by atoms with E-state index in [9.17, 15) is 4.79 Å². The summed E-state index contributed by atoms with van der Waals surface area (Å²) in [5, 5.41) is 6.40. The third-order valence-corrected chi connectivity index (χ3v) is 3.89. The van der Waals surface area contributed by atoms with Crippen LogP contribution in [0.4, 0.5) is 5.69 Å². The SMILES string of the molecule is CCc1cccc(C)c1NCC(=O)NC1CCCC1. The monoisotopic (exact) mass is 260 g/mol. The molecular weight excluding hydrogens is 236 g/mol. The topological polar surface area (TPSA) is 41.1 Å². The minimum Gasteiger partial charge on any atom is -0.376 e. The Balaban J connectivity index is 1.89. The molecule has 0 aromatic heterocycles. The Morgan fingerprint density at radius 2 is 2.05 bits per heavy atom. The van der Waals surface area contributed by atoms with Crippen LogP contribution in [0.3, 0.4) is 0 Å². The second kappa shape index (κ2) is 6.60. The number of benzene rings is 1. The van der Waals surface area contributed by atoms with E-state index in [1.807, 2.05) is 0 Å². The first-order valence-corrected chi connectivity index (χ1v) is 7.32. The molecule has 3 heteroatoms. The standard InChI is InChI=1S/C16H24N2O/c1-3-13-8-6-7-12(2)16(13)17-11-15(19)18-14-9-4-5-10-14/h6-8,14,17H,3-5,9-11H2,1-2H3,(H,18,19). The van der Waals surface area contributed by atoms with Crippen LogP contribution in [-0.4, -0.2) is 18.5 Å². The Labute approximate surface area is 115 Å². The van der Waals surface area contributed by atoms with Crippen LogP contribution in [-0.2, 0) is 11.2 Å². The zero-order valence-corrected chi connectivity index (χ0v) is 12.0. The van der Waals surface area contributed by atoms with Crippen molar-refractivity contribution in [1.82, 2.24) is 5.32 Å². The fourth-order valence-electron chi connectivity index (χ4n) is 2.79. The van der Waals surface area contributed by atoms with E-state index < -0.39 is 0 Å². The molecule has 1 aromatic rings. The number of amides is 1. The van der Waals surface area contributed by atoms with Crippen molar-refractivity contribution in [3.63, 3.8) is 0 Å². The second-order valence-corrected chi connectivity index (χ2v) is 5.37. The molecule has 0 bridgehead atoms. The normalized spacial score (nSPS) is 15.5. The van der Waals surface area contributed by atoms with Crippen LogP contribution in [0.1, 0.15) is 43.7 Å². The molecule has 2 N–H and O–H groups in total. The quantitative estimate of drug-likeness (QED) is 0.854. The summed E-state index contributed by atoms with van der Waals surface area (Å²) in [5.74, 6) is 0.109. The van der Waals surface area contributed by atoms with Gasteiger partial charge in [0.25, 0.3) is 0 Å². The molecule has 2 rings (SSSR count). The Morgan fingerprint density at radius 1 is 1.32 bits per heavy atom. The third-order valence-electron chi connectivity index (χ3n) is 3.89. The van der Waals surface area contributed by atoms with Crippen LogP contribution >= 0.6 is 0 Å². The van der Waals surface area contributed by atoms with Gasteiger partial charge in [-0.3, -0.25) is 4.79 Å². The van der Waals surface area contributed by atoms with Crippen LogP contribution in [0.25, 0.3) is 0 Å². The number of rotatable bonds is 5. The van der Waals surface area contributed by atoms with Crippen molar-refractivity contribution in [3.05, 3.63) is 29.3 Å². The number of carbonyl (C=O) groups is 1. The third kappa shape index (κ3) is 3.72. The number of anilines is 1. The van der Waals surface area contributed by atoms with Gasteiger partial charge in [-0.1, -0.05) is 38.0 Å². The summed E-state index contributed by atoms with van der Waals surface area (Å²) in [7, 11) is 0. The molecule has 3 nitrogen and oxygen atoms in total. The van der Waals surface area contributed by atoms with Crippen molar-refractivity contribution >= 4 is 11.6 Å². The van der Waals surface area contributed by atoms with E-state index in [1.165, 1.54) is 24.0 Å². The minimum atomic E-state index is 0.109. The molecule has 104 valence electrons. The highest BCUT2D eigenvalue weighted by molar-refractivity contribution is 5.81. The minimum absolute atomic E-state index is 0.109. The lowest BCUT2D eigenvalue weighted by molar-refractivity contribution is -0.120. The molecule has 1 amide bonds. The lowest BCUT2D eigenvalue weighted by atomic mass is 10.1. The molecule has 1 fully saturated rings. The van der Waals surface area contributed by atoms with Gasteiger partial charge in [0.15, 0.2) is 0 Å². The molecule has 19 heavy (non-hydrogen) atoms. The van der Waals surface area contributed by atoms with Crippen molar-refractivity contribution in [2.24, 2.45) is 0 Å². The summed E-state index contributed by atoms with van der Waals surface area (Å²) < 4.78 is 0. The first-order chi connectivity index (χ1) is 9.20. The number of hydrogen-bond acceptors (Lipinski definition) is 2. The average molecular weight is 260 g/mol. The Hall–Kier alpha value is -1.51. The van der Waals surface area contributed by atoms with Gasteiger partial charge in [-0.25, -0.2) is 0 Å². The Kier molecular flexibility index (Phi) is 4.83. The zero-order chi connectivity index (χ0) is 13.7. The van der Waals surface area contributed by atoms with E-state index in [-0.39, 0.29) is 5.91 Å². The van der Waals surface area contributed by atoms with Crippen LogP contribution in [0.15, 0.2) is 18.2 Å². The lowest BCUT2D eigenvalue weighted by Crippen LogP contribution is -2.36. The molecule has 0 unspecified atom stereocenters. The summed E-state index contributed by atoms with van der Waals surface area (Å²) in [4.78, 5) is 11.9. The maximum absolute atomic E-state index is 11.9. The van der Waals surface area contributed by atoms with Gasteiger partial charge in [-0.2, -0.15) is 0 Å². The largest absolute Gasteiger partial charge is 0.376 e. The molecule has 0 aliphatic heterocycles. The van der Waals surface area contributed by atoms with Crippen molar-refractivity contribution in [2.45, 2.75) is 52.0 Å². The highest BCUT2D eigenvalue weighted by Crippen LogP contribution is 2.21. The fourth-order valence-corrected chi connectivity index (χ4v) is 2.79. The molecule has 0 atom stereocenters. The van der Waals surface area contributed by atoms with Crippen molar-refractivity contribution in [3.8, 4) is 0 Å². The van der Waals surface area contributed by atoms with E-state index in [0.29, 0.717) is 12.6 Å². The summed E-state index contributed by atoms with van der Waals surface area (Å²) in [6, 6.07) is 6.66. The molecule has 0 radical (unpaired) electrons. The van der Waals surface area contributed by atoms with Crippen LogP contribution < -0.4 is 10.6 Å². The van der Waals surface area contributed by atoms with Gasteiger partial charge in [0.1, 0.15) is 0 Å². The van der Waals surface area contributed by atoms with Gasteiger partial charge in [0.2, 0.25) is 5.91 Å². The molecule has 1 saturated carbocycles. The molecule has 1 aliphatic rings.